The number of nitrogen functional groups attached to an aromatic ring is 1. The minimum atomic E-state index is -1.12. The molecule has 5 N–H and O–H groups in total. The molecule has 2 aromatic carbocycles. The number of aliphatic hydroxyl groups excluding tert-OH is 1. The maximum atomic E-state index is 11.9. The number of carbonyl (C=O) groups excluding carboxylic acids is 3. The molecule has 0 spiro atoms. The van der Waals surface area contributed by atoms with Gasteiger partial charge in [-0.05, 0) is 36.4 Å². The summed E-state index contributed by atoms with van der Waals surface area (Å²) in [6.07, 6.45) is 0.738. The molecule has 0 atom stereocenters. The van der Waals surface area contributed by atoms with Crippen LogP contribution in [0.2, 0.25) is 5.02 Å². The number of para-hydroxylation sites is 1. The van der Waals surface area contributed by atoms with E-state index in [-0.39, 0.29) is 11.3 Å². The van der Waals surface area contributed by atoms with Crippen LogP contribution < -0.4 is 16.6 Å². The fourth-order valence-electron chi connectivity index (χ4n) is 1.84. The normalized spacial score (nSPS) is 10.8. The topological polar surface area (TPSA) is 122 Å². The first-order valence-electron chi connectivity index (χ1n) is 7.04. The fourth-order valence-corrected chi connectivity index (χ4v) is 1.97. The van der Waals surface area contributed by atoms with Crippen molar-refractivity contribution in [2.45, 2.75) is 0 Å². The van der Waals surface area contributed by atoms with E-state index in [4.69, 9.17) is 17.3 Å². The third-order valence-electron chi connectivity index (χ3n) is 3.13. The van der Waals surface area contributed by atoms with Crippen LogP contribution in [-0.2, 0) is 9.59 Å². The lowest BCUT2D eigenvalue weighted by Crippen LogP contribution is -2.44. The van der Waals surface area contributed by atoms with Crippen LogP contribution in [0.4, 0.5) is 5.69 Å². The van der Waals surface area contributed by atoms with Crippen molar-refractivity contribution in [3.8, 4) is 0 Å². The largest absolute Gasteiger partial charge is 0.507 e. The van der Waals surface area contributed by atoms with Gasteiger partial charge in [0.25, 0.3) is 5.91 Å². The first-order valence-corrected chi connectivity index (χ1v) is 7.42. The second-order valence-electron chi connectivity index (χ2n) is 4.90. The molecule has 0 aliphatic rings. The van der Waals surface area contributed by atoms with E-state index in [0.29, 0.717) is 10.6 Å². The lowest BCUT2D eigenvalue weighted by Gasteiger charge is -2.07. The van der Waals surface area contributed by atoms with Crippen LogP contribution >= 0.6 is 11.6 Å². The number of benzene rings is 2. The Morgan fingerprint density at radius 2 is 1.64 bits per heavy atom. The van der Waals surface area contributed by atoms with Gasteiger partial charge in [-0.1, -0.05) is 23.7 Å². The van der Waals surface area contributed by atoms with E-state index in [1.165, 1.54) is 36.4 Å². The molecule has 128 valence electrons. The van der Waals surface area contributed by atoms with Crippen LogP contribution in [0.3, 0.4) is 0 Å². The van der Waals surface area contributed by atoms with E-state index >= 15 is 0 Å². The minimum Gasteiger partial charge on any atom is -0.507 e. The van der Waals surface area contributed by atoms with Crippen LogP contribution in [0.5, 0.6) is 0 Å². The first kappa shape index (κ1) is 18.0. The molecule has 0 aliphatic heterocycles. The lowest BCUT2D eigenvalue weighted by atomic mass is 10.1. The van der Waals surface area contributed by atoms with E-state index in [9.17, 15) is 19.5 Å². The van der Waals surface area contributed by atoms with E-state index < -0.39 is 23.4 Å². The zero-order valence-electron chi connectivity index (χ0n) is 12.8. The van der Waals surface area contributed by atoms with Crippen molar-refractivity contribution in [3.63, 3.8) is 0 Å². The molecular formula is C17H14ClN3O4. The Morgan fingerprint density at radius 3 is 2.28 bits per heavy atom. The summed E-state index contributed by atoms with van der Waals surface area (Å²) >= 11 is 5.72. The van der Waals surface area contributed by atoms with Gasteiger partial charge in [0.2, 0.25) is 5.78 Å². The number of nitrogens with one attached hydrogen (secondary N) is 2. The average Bonchev–Trinajstić information content (AvgIpc) is 2.60. The van der Waals surface area contributed by atoms with E-state index in [1.807, 2.05) is 5.43 Å². The molecule has 0 unspecified atom stereocenters. The highest BCUT2D eigenvalue weighted by atomic mass is 35.5. The van der Waals surface area contributed by atoms with Crippen LogP contribution in [0.25, 0.3) is 5.76 Å². The fraction of sp³-hybridized carbons (Fsp3) is 0. The Hall–Kier alpha value is -3.32. The Kier molecular flexibility index (Phi) is 5.75. The number of hydrogen-bond donors (Lipinski definition) is 4. The Labute approximate surface area is 148 Å². The summed E-state index contributed by atoms with van der Waals surface area (Å²) in [5.41, 5.74) is 10.3. The molecule has 0 fully saturated rings. The monoisotopic (exact) mass is 359 g/mol. The second kappa shape index (κ2) is 7.98. The lowest BCUT2D eigenvalue weighted by molar-refractivity contribution is -0.135. The van der Waals surface area contributed by atoms with Crippen LogP contribution in [0, 0.1) is 0 Å². The SMILES string of the molecule is Nc1ccccc1C(=O)NNC(=O)C(=O)/C=C(/O)c1ccc(Cl)cc1. The van der Waals surface area contributed by atoms with Crippen molar-refractivity contribution in [1.29, 1.82) is 0 Å². The molecule has 0 heterocycles. The molecule has 0 bridgehead atoms. The zero-order chi connectivity index (χ0) is 18.4. The van der Waals surface area contributed by atoms with Crippen molar-refractivity contribution < 1.29 is 19.5 Å². The predicted octanol–water partition coefficient (Wildman–Crippen LogP) is 1.85. The van der Waals surface area contributed by atoms with Crippen LogP contribution in [-0.4, -0.2) is 22.7 Å². The molecule has 8 heteroatoms. The van der Waals surface area contributed by atoms with Gasteiger partial charge in [0.15, 0.2) is 0 Å². The van der Waals surface area contributed by atoms with E-state index in [2.05, 4.69) is 5.43 Å². The number of nitrogens with two attached hydrogens (primary N) is 1. The maximum Gasteiger partial charge on any atom is 0.310 e. The quantitative estimate of drug-likeness (QED) is 0.218. The minimum absolute atomic E-state index is 0.148. The number of carbonyl (C=O) groups is 3. The van der Waals surface area contributed by atoms with Crippen LogP contribution in [0.1, 0.15) is 15.9 Å². The number of halogens is 1. The molecule has 2 amide bonds. The summed E-state index contributed by atoms with van der Waals surface area (Å²) in [6, 6.07) is 12.3. The number of hydrogen-bond acceptors (Lipinski definition) is 5. The highest BCUT2D eigenvalue weighted by Gasteiger charge is 2.15. The number of hydrazine groups is 1. The smallest absolute Gasteiger partial charge is 0.310 e. The predicted molar refractivity (Wildman–Crippen MR) is 93.5 cm³/mol. The van der Waals surface area contributed by atoms with Crippen LogP contribution in [0.15, 0.2) is 54.6 Å². The molecule has 25 heavy (non-hydrogen) atoms. The van der Waals surface area contributed by atoms with Crippen molar-refractivity contribution in [3.05, 3.63) is 70.8 Å². The Balaban J connectivity index is 1.97. The third kappa shape index (κ3) is 4.82. The van der Waals surface area contributed by atoms with Gasteiger partial charge in [0, 0.05) is 22.3 Å². The van der Waals surface area contributed by atoms with Gasteiger partial charge in [0.1, 0.15) is 5.76 Å². The van der Waals surface area contributed by atoms with Crippen molar-refractivity contribution in [1.82, 2.24) is 10.9 Å². The number of ketones is 1. The van der Waals surface area contributed by atoms with E-state index in [1.54, 1.807) is 12.1 Å². The van der Waals surface area contributed by atoms with Gasteiger partial charge >= 0.3 is 5.91 Å². The molecule has 0 radical (unpaired) electrons. The van der Waals surface area contributed by atoms with Gasteiger partial charge in [-0.25, -0.2) is 0 Å². The molecule has 2 aromatic rings. The van der Waals surface area contributed by atoms with Gasteiger partial charge < -0.3 is 10.8 Å². The molecule has 0 aromatic heterocycles. The van der Waals surface area contributed by atoms with Gasteiger partial charge in [0.05, 0.1) is 5.56 Å². The summed E-state index contributed by atoms with van der Waals surface area (Å²) in [6.45, 7) is 0. The summed E-state index contributed by atoms with van der Waals surface area (Å²) in [5.74, 6) is -3.25. The summed E-state index contributed by atoms with van der Waals surface area (Å²) in [7, 11) is 0. The highest BCUT2D eigenvalue weighted by molar-refractivity contribution is 6.41. The summed E-state index contributed by atoms with van der Waals surface area (Å²) < 4.78 is 0. The summed E-state index contributed by atoms with van der Waals surface area (Å²) in [5, 5.41) is 10.3. The number of anilines is 1. The van der Waals surface area contributed by atoms with E-state index in [0.717, 1.165) is 6.08 Å². The number of rotatable bonds is 4. The molecule has 0 saturated heterocycles. The van der Waals surface area contributed by atoms with Crippen molar-refractivity contribution in [2.75, 3.05) is 5.73 Å². The third-order valence-corrected chi connectivity index (χ3v) is 3.38. The summed E-state index contributed by atoms with van der Waals surface area (Å²) in [4.78, 5) is 35.3. The Morgan fingerprint density at radius 1 is 1.00 bits per heavy atom. The van der Waals surface area contributed by atoms with Gasteiger partial charge in [-0.3, -0.25) is 25.2 Å². The van der Waals surface area contributed by atoms with Crippen molar-refractivity contribution >= 4 is 40.6 Å². The maximum absolute atomic E-state index is 11.9. The molecule has 0 aliphatic carbocycles. The van der Waals surface area contributed by atoms with Gasteiger partial charge in [-0.15, -0.1) is 0 Å². The molecule has 0 saturated carbocycles. The second-order valence-corrected chi connectivity index (χ2v) is 5.33. The van der Waals surface area contributed by atoms with Gasteiger partial charge in [-0.2, -0.15) is 0 Å². The number of amides is 2. The first-order chi connectivity index (χ1) is 11.9. The Bertz CT molecular complexity index is 847. The van der Waals surface area contributed by atoms with Crippen molar-refractivity contribution in [2.24, 2.45) is 0 Å². The highest BCUT2D eigenvalue weighted by Crippen LogP contribution is 2.15. The molecular weight excluding hydrogens is 346 g/mol. The molecule has 2 rings (SSSR count). The number of aliphatic hydroxyl groups is 1. The standard InChI is InChI=1S/C17H14ClN3O4/c18-11-7-5-10(6-8-11)14(22)9-15(23)17(25)21-20-16(24)12-3-1-2-4-13(12)19/h1-9,22H,19H2,(H,20,24)(H,21,25)/b14-9+. The zero-order valence-corrected chi connectivity index (χ0v) is 13.6. The molecule has 7 nitrogen and oxygen atoms in total. The average molecular weight is 360 g/mol.